The van der Waals surface area contributed by atoms with Crippen molar-refractivity contribution in [2.75, 3.05) is 6.61 Å². The number of nitrogens with zero attached hydrogens (tertiary/aromatic N) is 1. The number of carbonyl (C=O) groups excluding carboxylic acids is 2. The Bertz CT molecular complexity index is 1050. The van der Waals surface area contributed by atoms with Crippen molar-refractivity contribution >= 4 is 11.8 Å². The van der Waals surface area contributed by atoms with Crippen LogP contribution in [0.15, 0.2) is 77.3 Å². The minimum Gasteiger partial charge on any atom is -0.462 e. The van der Waals surface area contributed by atoms with E-state index in [-0.39, 0.29) is 17.8 Å². The SMILES string of the molecule is CC1=C(C(=O)OCCc2ccccc2)[C@@H](c2ccccn2)C2=C(CC(C)(C)CC2=O)N1. The first-order valence-electron chi connectivity index (χ1n) is 10.7. The van der Waals surface area contributed by atoms with Crippen molar-refractivity contribution in [3.8, 4) is 0 Å². The monoisotopic (exact) mass is 416 g/mol. The fraction of sp³-hybridized carbons (Fsp3) is 0.346. The van der Waals surface area contributed by atoms with Crippen LogP contribution in [0.25, 0.3) is 0 Å². The van der Waals surface area contributed by atoms with E-state index in [1.54, 1.807) is 6.20 Å². The minimum atomic E-state index is -0.509. The maximum Gasteiger partial charge on any atom is 0.336 e. The van der Waals surface area contributed by atoms with Gasteiger partial charge in [0.15, 0.2) is 5.78 Å². The lowest BCUT2D eigenvalue weighted by molar-refractivity contribution is -0.139. The molecule has 0 radical (unpaired) electrons. The quantitative estimate of drug-likeness (QED) is 0.729. The fourth-order valence-electron chi connectivity index (χ4n) is 4.53. The Morgan fingerprint density at radius 2 is 1.87 bits per heavy atom. The summed E-state index contributed by atoms with van der Waals surface area (Å²) in [5.74, 6) is -0.845. The molecule has 31 heavy (non-hydrogen) atoms. The van der Waals surface area contributed by atoms with Crippen LogP contribution in [0.3, 0.4) is 0 Å². The summed E-state index contributed by atoms with van der Waals surface area (Å²) in [4.78, 5) is 30.9. The van der Waals surface area contributed by atoms with Gasteiger partial charge in [-0.3, -0.25) is 9.78 Å². The molecule has 4 rings (SSSR count). The number of hydrogen-bond acceptors (Lipinski definition) is 5. The summed E-state index contributed by atoms with van der Waals surface area (Å²) < 4.78 is 5.67. The summed E-state index contributed by atoms with van der Waals surface area (Å²) in [5, 5.41) is 3.35. The molecule has 1 aromatic carbocycles. The number of dihydropyridines is 1. The molecule has 0 unspecified atom stereocenters. The van der Waals surface area contributed by atoms with Crippen molar-refractivity contribution < 1.29 is 14.3 Å². The van der Waals surface area contributed by atoms with Crippen molar-refractivity contribution in [1.82, 2.24) is 10.3 Å². The zero-order valence-electron chi connectivity index (χ0n) is 18.3. The molecule has 0 bridgehead atoms. The van der Waals surface area contributed by atoms with Crippen LogP contribution in [0.5, 0.6) is 0 Å². The molecule has 160 valence electrons. The van der Waals surface area contributed by atoms with Crippen molar-refractivity contribution in [3.05, 3.63) is 88.5 Å². The molecule has 0 spiro atoms. The first-order valence-corrected chi connectivity index (χ1v) is 10.7. The number of hydrogen-bond donors (Lipinski definition) is 1. The molecule has 1 N–H and O–H groups in total. The summed E-state index contributed by atoms with van der Waals surface area (Å²) in [6.07, 6.45) is 3.54. The Morgan fingerprint density at radius 3 is 2.58 bits per heavy atom. The van der Waals surface area contributed by atoms with Gasteiger partial charge in [-0.15, -0.1) is 0 Å². The summed E-state index contributed by atoms with van der Waals surface area (Å²) in [6.45, 7) is 6.35. The van der Waals surface area contributed by atoms with Gasteiger partial charge in [-0.05, 0) is 36.5 Å². The number of Topliss-reactive ketones (excluding diaryl/α,β-unsaturated/α-hetero) is 1. The highest BCUT2D eigenvalue weighted by Gasteiger charge is 2.43. The lowest BCUT2D eigenvalue weighted by atomic mass is 9.69. The highest BCUT2D eigenvalue weighted by Crippen LogP contribution is 2.46. The molecule has 0 saturated carbocycles. The van der Waals surface area contributed by atoms with Crippen molar-refractivity contribution in [3.63, 3.8) is 0 Å². The number of allylic oxidation sites excluding steroid dienone is 3. The molecular formula is C26H28N2O3. The molecule has 2 heterocycles. The predicted octanol–water partition coefficient (Wildman–Crippen LogP) is 4.47. The van der Waals surface area contributed by atoms with Gasteiger partial charge in [0, 0.05) is 36.0 Å². The normalized spacial score (nSPS) is 20.2. The minimum absolute atomic E-state index is 0.0662. The number of aromatic nitrogens is 1. The van der Waals surface area contributed by atoms with E-state index in [0.29, 0.717) is 29.7 Å². The molecule has 0 fully saturated rings. The van der Waals surface area contributed by atoms with E-state index < -0.39 is 11.9 Å². The van der Waals surface area contributed by atoms with Crippen LogP contribution >= 0.6 is 0 Å². The lowest BCUT2D eigenvalue weighted by Crippen LogP contribution is -2.39. The zero-order valence-corrected chi connectivity index (χ0v) is 18.3. The van der Waals surface area contributed by atoms with Crippen LogP contribution < -0.4 is 5.32 Å². The summed E-state index contributed by atoms with van der Waals surface area (Å²) in [7, 11) is 0. The average molecular weight is 417 g/mol. The Hall–Kier alpha value is -3.21. The molecule has 2 aliphatic rings. The van der Waals surface area contributed by atoms with Crippen LogP contribution in [-0.2, 0) is 20.7 Å². The first-order chi connectivity index (χ1) is 14.9. The van der Waals surface area contributed by atoms with E-state index in [1.807, 2.05) is 55.5 Å². The van der Waals surface area contributed by atoms with Crippen LogP contribution in [0.2, 0.25) is 0 Å². The number of nitrogens with one attached hydrogen (secondary N) is 1. The molecule has 1 aliphatic heterocycles. The number of benzene rings is 1. The largest absolute Gasteiger partial charge is 0.462 e. The van der Waals surface area contributed by atoms with Crippen LogP contribution in [0, 0.1) is 5.41 Å². The van der Waals surface area contributed by atoms with Gasteiger partial charge in [-0.25, -0.2) is 4.79 Å². The maximum atomic E-state index is 13.2. The molecule has 1 aliphatic carbocycles. The summed E-state index contributed by atoms with van der Waals surface area (Å²) >= 11 is 0. The predicted molar refractivity (Wildman–Crippen MR) is 119 cm³/mol. The topological polar surface area (TPSA) is 68.3 Å². The third-order valence-electron chi connectivity index (χ3n) is 5.91. The Kier molecular flexibility index (Phi) is 5.77. The number of carbonyl (C=O) groups is 2. The number of ether oxygens (including phenoxy) is 1. The van der Waals surface area contributed by atoms with E-state index in [9.17, 15) is 9.59 Å². The maximum absolute atomic E-state index is 13.2. The van der Waals surface area contributed by atoms with Gasteiger partial charge < -0.3 is 10.1 Å². The second-order valence-corrected chi connectivity index (χ2v) is 9.06. The number of ketones is 1. The molecule has 1 atom stereocenters. The van der Waals surface area contributed by atoms with Crippen LogP contribution in [0.4, 0.5) is 0 Å². The van der Waals surface area contributed by atoms with Gasteiger partial charge in [-0.2, -0.15) is 0 Å². The molecular weight excluding hydrogens is 388 g/mol. The van der Waals surface area contributed by atoms with Gasteiger partial charge in [0.1, 0.15) is 0 Å². The molecule has 0 saturated heterocycles. The second kappa shape index (κ2) is 8.50. The fourth-order valence-corrected chi connectivity index (χ4v) is 4.53. The van der Waals surface area contributed by atoms with Gasteiger partial charge in [-0.1, -0.05) is 50.2 Å². The van der Waals surface area contributed by atoms with E-state index in [0.717, 1.165) is 23.4 Å². The van der Waals surface area contributed by atoms with Gasteiger partial charge >= 0.3 is 5.97 Å². The Morgan fingerprint density at radius 1 is 1.13 bits per heavy atom. The number of pyridine rings is 1. The van der Waals surface area contributed by atoms with Gasteiger partial charge in [0.05, 0.1) is 23.8 Å². The van der Waals surface area contributed by atoms with E-state index in [1.165, 1.54) is 0 Å². The van der Waals surface area contributed by atoms with E-state index in [4.69, 9.17) is 4.74 Å². The molecule has 1 aromatic heterocycles. The number of rotatable bonds is 5. The summed E-state index contributed by atoms with van der Waals surface area (Å²) in [6, 6.07) is 15.5. The molecule has 0 amide bonds. The highest BCUT2D eigenvalue weighted by atomic mass is 16.5. The summed E-state index contributed by atoms with van der Waals surface area (Å²) in [5.41, 5.74) is 4.43. The van der Waals surface area contributed by atoms with Gasteiger partial charge in [0.2, 0.25) is 0 Å². The number of esters is 1. The van der Waals surface area contributed by atoms with Gasteiger partial charge in [0.25, 0.3) is 0 Å². The average Bonchev–Trinajstić information content (AvgIpc) is 2.73. The van der Waals surface area contributed by atoms with E-state index in [2.05, 4.69) is 24.1 Å². The molecule has 5 heteroatoms. The standard InChI is InChI=1S/C26H28N2O3/c1-17-22(25(30)31-14-12-18-9-5-4-6-10-18)24(19-11-7-8-13-27-19)23-20(28-17)15-26(2,3)16-21(23)29/h4-11,13,24,28H,12,14-16H2,1-3H3/t24-/m1/s1. The van der Waals surface area contributed by atoms with Crippen molar-refractivity contribution in [2.45, 2.75) is 46.0 Å². The van der Waals surface area contributed by atoms with E-state index >= 15 is 0 Å². The molecule has 2 aromatic rings. The Labute approximate surface area is 183 Å². The molecule has 5 nitrogen and oxygen atoms in total. The first kappa shape index (κ1) is 21.0. The van der Waals surface area contributed by atoms with Crippen molar-refractivity contribution in [1.29, 1.82) is 0 Å². The van der Waals surface area contributed by atoms with Crippen LogP contribution in [-0.4, -0.2) is 23.3 Å². The third kappa shape index (κ3) is 4.46. The second-order valence-electron chi connectivity index (χ2n) is 9.06. The third-order valence-corrected chi connectivity index (χ3v) is 5.91. The zero-order chi connectivity index (χ0) is 22.0. The highest BCUT2D eigenvalue weighted by molar-refractivity contribution is 6.04. The lowest BCUT2D eigenvalue weighted by Gasteiger charge is -2.39. The Balaban J connectivity index is 1.64. The van der Waals surface area contributed by atoms with Crippen molar-refractivity contribution in [2.24, 2.45) is 5.41 Å². The van der Waals surface area contributed by atoms with Crippen LogP contribution in [0.1, 0.15) is 50.8 Å². The smallest absolute Gasteiger partial charge is 0.336 e.